The molecule has 15 N–H and O–H groups in total. The van der Waals surface area contributed by atoms with Crippen molar-refractivity contribution in [3.05, 3.63) is 0 Å². The van der Waals surface area contributed by atoms with Crippen LogP contribution in [0.2, 0.25) is 0 Å². The van der Waals surface area contributed by atoms with Gasteiger partial charge in [0.2, 0.25) is 0 Å². The summed E-state index contributed by atoms with van der Waals surface area (Å²) in [6.45, 7) is 0. The van der Waals surface area contributed by atoms with Crippen LogP contribution in [0.15, 0.2) is 0 Å². The minimum absolute atomic E-state index is 0. The Balaban J connectivity index is -0.00000000381. The molecule has 0 unspecified atom stereocenters. The maximum absolute atomic E-state index is 8.88. The molecule has 12 heteroatoms. The molecule has 12 heavy (non-hydrogen) atoms. The average Bonchev–Trinajstić information content (AvgIpc) is 0.722. The molecule has 0 rings (SSSR count). The van der Waals surface area contributed by atoms with E-state index in [1.165, 1.54) is 0 Å². The zero-order valence-corrected chi connectivity index (χ0v) is 10.3. The summed E-state index contributed by atoms with van der Waals surface area (Å²) in [6, 6.07) is 0. The molecule has 0 aliphatic rings. The molecule has 0 bridgehead atoms. The van der Waals surface area contributed by atoms with Crippen molar-refractivity contribution in [2.45, 2.75) is 0 Å². The predicted molar refractivity (Wildman–Crippen MR) is 35.9 cm³/mol. The summed E-state index contributed by atoms with van der Waals surface area (Å²) in [5.41, 5.74) is 0. The first-order valence-corrected chi connectivity index (χ1v) is 2.35. The van der Waals surface area contributed by atoms with Gasteiger partial charge in [0.1, 0.15) is 0 Å². The van der Waals surface area contributed by atoms with Crippen molar-refractivity contribution >= 4 is 7.82 Å². The molecular weight excluding hydrogens is 330 g/mol. The van der Waals surface area contributed by atoms with Crippen molar-refractivity contribution in [3.63, 3.8) is 0 Å². The minimum atomic E-state index is -4.64. The second-order valence-electron chi connectivity index (χ2n) is 0.513. The molecule has 0 spiro atoms. The van der Waals surface area contributed by atoms with Crippen LogP contribution in [-0.2, 0) is 4.57 Å². The predicted octanol–water partition coefficient (Wildman–Crippen LogP) is -5.88. The van der Waals surface area contributed by atoms with E-state index < -0.39 is 7.82 Å². The van der Waals surface area contributed by atoms with Gasteiger partial charge in [0.15, 0.2) is 0 Å². The normalized spacial score (nSPS) is 4.92. The van der Waals surface area contributed by atoms with Crippen molar-refractivity contribution in [2.75, 3.05) is 0 Å². The van der Waals surface area contributed by atoms with Crippen LogP contribution in [0.5, 0.6) is 0 Å². The van der Waals surface area contributed by atoms with Crippen molar-refractivity contribution in [1.82, 2.24) is 0 Å². The van der Waals surface area contributed by atoms with E-state index in [-0.39, 0.29) is 68.5 Å². The Labute approximate surface area is 95.3 Å². The summed E-state index contributed by atoms with van der Waals surface area (Å²) in [5, 5.41) is 0. The van der Waals surface area contributed by atoms with Crippen molar-refractivity contribution in [2.24, 2.45) is 0 Å². The van der Waals surface area contributed by atoms with Gasteiger partial charge in [-0.25, -0.2) is 4.57 Å². The molecule has 1 radical (unpaired) electrons. The summed E-state index contributed by atoms with van der Waals surface area (Å²) in [4.78, 5) is 21.6. The van der Waals surface area contributed by atoms with E-state index in [0.717, 1.165) is 0 Å². The van der Waals surface area contributed by atoms with Gasteiger partial charge in [-0.05, 0) is 0 Å². The van der Waals surface area contributed by atoms with Crippen molar-refractivity contribution in [1.29, 1.82) is 0 Å². The fourth-order valence-electron chi connectivity index (χ4n) is 0. The minimum Gasteiger partial charge on any atom is -0.412 e. The largest absolute Gasteiger partial charge is 0.466 e. The second-order valence-corrected chi connectivity index (χ2v) is 1.54. The van der Waals surface area contributed by atoms with Crippen LogP contribution in [-0.4, -0.2) is 47.5 Å². The molecule has 83 valence electrons. The third kappa shape index (κ3) is 989. The molecule has 0 aromatic rings. The quantitative estimate of drug-likeness (QED) is 0.362. The van der Waals surface area contributed by atoms with E-state index in [4.69, 9.17) is 19.2 Å². The van der Waals surface area contributed by atoms with Crippen LogP contribution < -0.4 is 0 Å². The zero-order valence-electron chi connectivity index (χ0n) is 5.77. The monoisotopic (exact) mass is 345 g/mol. The van der Waals surface area contributed by atoms with Crippen LogP contribution >= 0.6 is 7.82 Å². The molecule has 10 nitrogen and oxygen atoms in total. The number of hydrogen-bond acceptors (Lipinski definition) is 1. The van der Waals surface area contributed by atoms with Crippen LogP contribution in [0.4, 0.5) is 0 Å². The molecule has 0 aliphatic heterocycles. The van der Waals surface area contributed by atoms with Gasteiger partial charge in [-0.15, -0.1) is 0 Å². The van der Waals surface area contributed by atoms with Crippen LogP contribution in [0, 0.1) is 35.6 Å². The average molecular weight is 345 g/mol. The second kappa shape index (κ2) is 29.6. The van der Waals surface area contributed by atoms with Gasteiger partial charge in [-0.3, -0.25) is 0 Å². The Morgan fingerprint density at radius 2 is 0.667 bits per heavy atom. The van der Waals surface area contributed by atoms with Crippen LogP contribution in [0.25, 0.3) is 0 Å². The molecule has 0 saturated carbocycles. The molecule has 0 amide bonds. The number of rotatable bonds is 0. The van der Waals surface area contributed by atoms with E-state index in [2.05, 4.69) is 0 Å². The third-order valence-corrected chi connectivity index (χ3v) is 0. The summed E-state index contributed by atoms with van der Waals surface area (Å²) in [6.07, 6.45) is 0. The van der Waals surface area contributed by atoms with Crippen LogP contribution in [0.1, 0.15) is 0 Å². The van der Waals surface area contributed by atoms with Crippen molar-refractivity contribution in [3.8, 4) is 0 Å². The maximum Gasteiger partial charge on any atom is 0.466 e. The fourth-order valence-corrected chi connectivity index (χ4v) is 0. The van der Waals surface area contributed by atoms with Gasteiger partial charge in [0.25, 0.3) is 0 Å². The third-order valence-electron chi connectivity index (χ3n) is 0. The molecule has 0 aromatic heterocycles. The van der Waals surface area contributed by atoms with Gasteiger partial charge < -0.3 is 47.5 Å². The Bertz CT molecular complexity index is 56.0. The molecule has 0 aromatic carbocycles. The number of phosphoric acid groups is 1. The SMILES string of the molecule is O.O.O.O.O.O.O=P(O)(O)O.[La]. The summed E-state index contributed by atoms with van der Waals surface area (Å²) >= 11 is 0. The summed E-state index contributed by atoms with van der Waals surface area (Å²) in [5.74, 6) is 0. The standard InChI is InChI=1S/La.H3O4P.6H2O/c;1-5(2,3)4;;;;;;/h;(H3,1,2,3,4);6*1H2. The molecule has 0 heterocycles. The van der Waals surface area contributed by atoms with Gasteiger partial charge in [0, 0.05) is 35.6 Å². The first-order chi connectivity index (χ1) is 2.00. The molecule has 0 aliphatic carbocycles. The zero-order chi connectivity index (χ0) is 4.50. The topological polar surface area (TPSA) is 267 Å². The van der Waals surface area contributed by atoms with E-state index in [1.54, 1.807) is 0 Å². The fraction of sp³-hybridized carbons (Fsp3) is 0. The van der Waals surface area contributed by atoms with Gasteiger partial charge in [-0.1, -0.05) is 0 Å². The summed E-state index contributed by atoms with van der Waals surface area (Å²) in [7, 11) is -4.64. The Hall–Kier alpha value is 1.06. The smallest absolute Gasteiger partial charge is 0.412 e. The molecule has 0 saturated heterocycles. The van der Waals surface area contributed by atoms with E-state index >= 15 is 0 Å². The molecule has 0 atom stereocenters. The van der Waals surface area contributed by atoms with E-state index in [0.29, 0.717) is 0 Å². The first kappa shape index (κ1) is 74.1. The van der Waals surface area contributed by atoms with Gasteiger partial charge >= 0.3 is 7.82 Å². The van der Waals surface area contributed by atoms with Gasteiger partial charge in [0.05, 0.1) is 0 Å². The maximum atomic E-state index is 8.88. The van der Waals surface area contributed by atoms with E-state index in [1.807, 2.05) is 0 Å². The van der Waals surface area contributed by atoms with Crippen LogP contribution in [0.3, 0.4) is 0 Å². The Morgan fingerprint density at radius 3 is 0.667 bits per heavy atom. The van der Waals surface area contributed by atoms with E-state index in [9.17, 15) is 0 Å². The Kier molecular flexibility index (Phi) is 183. The molecular formula is H15LaO10P. The van der Waals surface area contributed by atoms with Gasteiger partial charge in [-0.2, -0.15) is 0 Å². The van der Waals surface area contributed by atoms with Crippen molar-refractivity contribution < 1.29 is 87.7 Å². The Morgan fingerprint density at radius 1 is 0.667 bits per heavy atom. The molecule has 0 fully saturated rings. The number of hydrogen-bond donors (Lipinski definition) is 3. The summed E-state index contributed by atoms with van der Waals surface area (Å²) < 4.78 is 8.88. The first-order valence-electron chi connectivity index (χ1n) is 0.783.